The van der Waals surface area contributed by atoms with E-state index >= 15 is 0 Å². The van der Waals surface area contributed by atoms with Crippen molar-refractivity contribution in [2.24, 2.45) is 0 Å². The standard InChI is InChI=1S/C16H20FNO2/c1-2-3-4-5-14-10-20-16(11-19-14)12-6-7-13(9-18)15(17)8-12/h6-8,14,16H,2-5,10-11H2,1H3/t14-,16-/m0/s1. The molecule has 20 heavy (non-hydrogen) atoms. The summed E-state index contributed by atoms with van der Waals surface area (Å²) < 4.78 is 25.1. The number of nitriles is 1. The van der Waals surface area contributed by atoms with E-state index in [2.05, 4.69) is 6.92 Å². The summed E-state index contributed by atoms with van der Waals surface area (Å²) >= 11 is 0. The topological polar surface area (TPSA) is 42.2 Å². The minimum absolute atomic E-state index is 0.0583. The summed E-state index contributed by atoms with van der Waals surface area (Å²) in [6.07, 6.45) is 4.49. The Balaban J connectivity index is 1.87. The van der Waals surface area contributed by atoms with Crippen molar-refractivity contribution in [1.29, 1.82) is 5.26 Å². The SMILES string of the molecule is CCCCC[C@H]1CO[C@H](c2ccc(C#N)c(F)c2)CO1. The van der Waals surface area contributed by atoms with Gasteiger partial charge < -0.3 is 9.47 Å². The van der Waals surface area contributed by atoms with Crippen molar-refractivity contribution >= 4 is 0 Å². The van der Waals surface area contributed by atoms with Crippen molar-refractivity contribution in [2.45, 2.75) is 44.8 Å². The Hall–Kier alpha value is -1.44. The molecule has 0 amide bonds. The Labute approximate surface area is 119 Å². The molecule has 0 N–H and O–H groups in total. The van der Waals surface area contributed by atoms with E-state index in [0.717, 1.165) is 18.4 Å². The average molecular weight is 277 g/mol. The van der Waals surface area contributed by atoms with Crippen molar-refractivity contribution in [3.63, 3.8) is 0 Å². The van der Waals surface area contributed by atoms with Crippen LogP contribution in [0.1, 0.15) is 49.8 Å². The monoisotopic (exact) mass is 277 g/mol. The fourth-order valence-electron chi connectivity index (χ4n) is 2.35. The van der Waals surface area contributed by atoms with Gasteiger partial charge in [-0.3, -0.25) is 0 Å². The third kappa shape index (κ3) is 3.78. The minimum atomic E-state index is -0.501. The van der Waals surface area contributed by atoms with Crippen molar-refractivity contribution in [3.05, 3.63) is 35.1 Å². The summed E-state index contributed by atoms with van der Waals surface area (Å²) in [7, 11) is 0. The van der Waals surface area contributed by atoms with Crippen molar-refractivity contribution in [3.8, 4) is 6.07 Å². The highest BCUT2D eigenvalue weighted by atomic mass is 19.1. The zero-order chi connectivity index (χ0) is 14.4. The van der Waals surface area contributed by atoms with Gasteiger partial charge in [0.25, 0.3) is 0 Å². The smallest absolute Gasteiger partial charge is 0.141 e. The van der Waals surface area contributed by atoms with E-state index < -0.39 is 5.82 Å². The molecule has 2 atom stereocenters. The van der Waals surface area contributed by atoms with E-state index in [-0.39, 0.29) is 17.8 Å². The number of nitrogens with zero attached hydrogens (tertiary/aromatic N) is 1. The first kappa shape index (κ1) is 15.0. The number of unbranched alkanes of at least 4 members (excludes halogenated alkanes) is 2. The number of halogens is 1. The van der Waals surface area contributed by atoms with Gasteiger partial charge in [-0.15, -0.1) is 0 Å². The fraction of sp³-hybridized carbons (Fsp3) is 0.562. The van der Waals surface area contributed by atoms with Gasteiger partial charge in [-0.25, -0.2) is 4.39 Å². The van der Waals surface area contributed by atoms with Crippen LogP contribution in [0.2, 0.25) is 0 Å². The predicted molar refractivity (Wildman–Crippen MR) is 73.7 cm³/mol. The minimum Gasteiger partial charge on any atom is -0.373 e. The molecular formula is C16H20FNO2. The van der Waals surface area contributed by atoms with E-state index in [1.807, 2.05) is 6.07 Å². The maximum Gasteiger partial charge on any atom is 0.141 e. The van der Waals surface area contributed by atoms with Gasteiger partial charge in [0.05, 0.1) is 24.9 Å². The Morgan fingerprint density at radius 3 is 2.75 bits per heavy atom. The van der Waals surface area contributed by atoms with Gasteiger partial charge in [-0.05, 0) is 24.1 Å². The lowest BCUT2D eigenvalue weighted by Gasteiger charge is -2.30. The maximum absolute atomic E-state index is 13.6. The van der Waals surface area contributed by atoms with Crippen LogP contribution in [0.25, 0.3) is 0 Å². The molecule has 1 aliphatic rings. The zero-order valence-electron chi connectivity index (χ0n) is 11.8. The average Bonchev–Trinajstić information content (AvgIpc) is 2.48. The molecule has 3 nitrogen and oxygen atoms in total. The number of hydrogen-bond donors (Lipinski definition) is 0. The van der Waals surface area contributed by atoms with Gasteiger partial charge in [0, 0.05) is 0 Å². The Bertz CT molecular complexity index is 476. The second-order valence-electron chi connectivity index (χ2n) is 5.12. The molecule has 1 aliphatic heterocycles. The molecule has 108 valence electrons. The molecule has 0 spiro atoms. The highest BCUT2D eigenvalue weighted by Crippen LogP contribution is 2.26. The predicted octanol–water partition coefficient (Wildman–Crippen LogP) is 3.73. The molecule has 1 heterocycles. The van der Waals surface area contributed by atoms with Gasteiger partial charge in [0.1, 0.15) is 18.0 Å². The van der Waals surface area contributed by atoms with Crippen LogP contribution in [0.15, 0.2) is 18.2 Å². The van der Waals surface area contributed by atoms with E-state index in [1.165, 1.54) is 25.0 Å². The van der Waals surface area contributed by atoms with E-state index in [1.54, 1.807) is 6.07 Å². The lowest BCUT2D eigenvalue weighted by Crippen LogP contribution is -2.31. The summed E-state index contributed by atoms with van der Waals surface area (Å²) in [5.74, 6) is -0.501. The lowest BCUT2D eigenvalue weighted by atomic mass is 10.1. The number of hydrogen-bond acceptors (Lipinski definition) is 3. The largest absolute Gasteiger partial charge is 0.373 e. The molecule has 2 rings (SSSR count). The molecule has 0 unspecified atom stereocenters. The lowest BCUT2D eigenvalue weighted by molar-refractivity contribution is -0.137. The quantitative estimate of drug-likeness (QED) is 0.770. The Morgan fingerprint density at radius 2 is 2.15 bits per heavy atom. The van der Waals surface area contributed by atoms with Crippen LogP contribution < -0.4 is 0 Å². The van der Waals surface area contributed by atoms with E-state index in [9.17, 15) is 4.39 Å². The second kappa shape index (κ2) is 7.37. The third-order valence-electron chi connectivity index (χ3n) is 3.58. The molecule has 4 heteroatoms. The van der Waals surface area contributed by atoms with Gasteiger partial charge in [-0.1, -0.05) is 32.3 Å². The molecule has 1 aromatic rings. The van der Waals surface area contributed by atoms with Gasteiger partial charge in [0.15, 0.2) is 0 Å². The molecule has 1 aromatic carbocycles. The highest BCUT2D eigenvalue weighted by Gasteiger charge is 2.23. The first-order valence-electron chi connectivity index (χ1n) is 7.17. The van der Waals surface area contributed by atoms with Crippen LogP contribution in [-0.2, 0) is 9.47 Å². The first-order valence-corrected chi connectivity index (χ1v) is 7.17. The molecule has 0 radical (unpaired) electrons. The van der Waals surface area contributed by atoms with Gasteiger partial charge in [-0.2, -0.15) is 5.26 Å². The van der Waals surface area contributed by atoms with Crippen molar-refractivity contribution < 1.29 is 13.9 Å². The van der Waals surface area contributed by atoms with Crippen LogP contribution in [0.3, 0.4) is 0 Å². The van der Waals surface area contributed by atoms with Crippen molar-refractivity contribution in [1.82, 2.24) is 0 Å². The van der Waals surface area contributed by atoms with Crippen molar-refractivity contribution in [2.75, 3.05) is 13.2 Å². The Morgan fingerprint density at radius 1 is 1.30 bits per heavy atom. The van der Waals surface area contributed by atoms with Gasteiger partial charge in [0.2, 0.25) is 0 Å². The van der Waals surface area contributed by atoms with Crippen LogP contribution in [0.5, 0.6) is 0 Å². The molecule has 0 bridgehead atoms. The summed E-state index contributed by atoms with van der Waals surface area (Å²) in [5, 5.41) is 8.71. The highest BCUT2D eigenvalue weighted by molar-refractivity contribution is 5.34. The molecule has 0 aromatic heterocycles. The van der Waals surface area contributed by atoms with Crippen LogP contribution >= 0.6 is 0 Å². The van der Waals surface area contributed by atoms with Crippen LogP contribution in [0, 0.1) is 17.1 Å². The Kier molecular flexibility index (Phi) is 5.51. The summed E-state index contributed by atoms with van der Waals surface area (Å²) in [5.41, 5.74) is 0.788. The third-order valence-corrected chi connectivity index (χ3v) is 3.58. The maximum atomic E-state index is 13.6. The second-order valence-corrected chi connectivity index (χ2v) is 5.12. The fourth-order valence-corrected chi connectivity index (χ4v) is 2.35. The zero-order valence-corrected chi connectivity index (χ0v) is 11.8. The van der Waals surface area contributed by atoms with E-state index in [4.69, 9.17) is 14.7 Å². The van der Waals surface area contributed by atoms with Crippen LogP contribution in [-0.4, -0.2) is 19.3 Å². The summed E-state index contributed by atoms with van der Waals surface area (Å²) in [6.45, 7) is 3.17. The summed E-state index contributed by atoms with van der Waals surface area (Å²) in [4.78, 5) is 0. The summed E-state index contributed by atoms with van der Waals surface area (Å²) in [6, 6.07) is 6.40. The molecular weight excluding hydrogens is 257 g/mol. The molecule has 1 fully saturated rings. The van der Waals surface area contributed by atoms with E-state index in [0.29, 0.717) is 13.2 Å². The number of ether oxygens (including phenoxy) is 2. The molecule has 0 saturated carbocycles. The molecule has 0 aliphatic carbocycles. The van der Waals surface area contributed by atoms with Crippen LogP contribution in [0.4, 0.5) is 4.39 Å². The van der Waals surface area contributed by atoms with Gasteiger partial charge >= 0.3 is 0 Å². The number of benzene rings is 1. The first-order chi connectivity index (χ1) is 9.74. The normalized spacial score (nSPS) is 22.4. The number of rotatable bonds is 5. The molecule has 1 saturated heterocycles.